The second-order valence-corrected chi connectivity index (χ2v) is 14.7. The van der Waals surface area contributed by atoms with Crippen LogP contribution in [-0.2, 0) is 11.3 Å². The summed E-state index contributed by atoms with van der Waals surface area (Å²) in [6, 6.07) is 65.3. The zero-order valence-corrected chi connectivity index (χ0v) is 30.2. The zero-order chi connectivity index (χ0) is 35.8. The SMILES string of the molecule is c1ccc(COC(c2ccc3ccccc3c2)C(Op2oc3ccc4ccccc4c3c3c(ccc4ccccc43)o2)c2ccc3ccccc3c2)cc1. The number of hydrogen-bond acceptors (Lipinski definition) is 4. The highest BCUT2D eigenvalue weighted by molar-refractivity contribution is 7.31. The van der Waals surface area contributed by atoms with Gasteiger partial charge in [0.1, 0.15) is 23.4 Å². The van der Waals surface area contributed by atoms with E-state index < -0.39 is 20.4 Å². The number of hydrogen-bond donors (Lipinski definition) is 0. The van der Waals surface area contributed by atoms with Crippen LogP contribution in [0.15, 0.2) is 196 Å². The Morgan fingerprint density at radius 3 is 1.41 bits per heavy atom. The Morgan fingerprint density at radius 2 is 0.852 bits per heavy atom. The van der Waals surface area contributed by atoms with Gasteiger partial charge in [-0.2, -0.15) is 0 Å². The topological polar surface area (TPSA) is 44.7 Å². The third-order valence-electron chi connectivity index (χ3n) is 10.3. The molecule has 0 radical (unpaired) electrons. The molecule has 4 nitrogen and oxygen atoms in total. The Bertz CT molecular complexity index is 2910. The van der Waals surface area contributed by atoms with Gasteiger partial charge in [-0.25, -0.2) is 0 Å². The van der Waals surface area contributed by atoms with Crippen molar-refractivity contribution in [1.82, 2.24) is 0 Å². The Kier molecular flexibility index (Phi) is 8.42. The lowest BCUT2D eigenvalue weighted by atomic mass is 9.94. The van der Waals surface area contributed by atoms with Gasteiger partial charge < -0.3 is 13.1 Å². The summed E-state index contributed by atoms with van der Waals surface area (Å²) in [5, 5.41) is 11.0. The summed E-state index contributed by atoms with van der Waals surface area (Å²) in [5.41, 5.74) is 4.50. The molecule has 0 spiro atoms. The summed E-state index contributed by atoms with van der Waals surface area (Å²) >= 11 is 0. The average molecular weight is 719 g/mol. The molecule has 0 N–H and O–H groups in total. The van der Waals surface area contributed by atoms with Crippen molar-refractivity contribution in [3.8, 4) is 0 Å². The van der Waals surface area contributed by atoms with Gasteiger partial charge in [-0.05, 0) is 84.0 Å². The number of rotatable bonds is 8. The van der Waals surface area contributed by atoms with E-state index in [9.17, 15) is 0 Å². The Morgan fingerprint density at radius 1 is 0.407 bits per heavy atom. The van der Waals surface area contributed by atoms with Gasteiger partial charge in [0.05, 0.1) is 6.61 Å². The fourth-order valence-corrected chi connectivity index (χ4v) is 8.83. The van der Waals surface area contributed by atoms with Crippen molar-refractivity contribution >= 4 is 73.3 Å². The molecule has 9 aromatic carbocycles. The summed E-state index contributed by atoms with van der Waals surface area (Å²) in [7, 11) is -1.99. The molecule has 5 heteroatoms. The van der Waals surface area contributed by atoms with Gasteiger partial charge in [0, 0.05) is 10.8 Å². The molecule has 0 saturated heterocycles. The second-order valence-electron chi connectivity index (χ2n) is 13.7. The Balaban J connectivity index is 1.21. The molecule has 260 valence electrons. The quantitative estimate of drug-likeness (QED) is 0.157. The standard InChI is InChI=1S/C49H35O4P/c1-2-12-33(13-3-1)32-50-48(40-24-22-34-14-4-6-18-38(34)30-40)49(41-25-23-35-15-5-7-19-39(35)31-41)53-54-51-44-28-26-36-16-8-10-20-42(36)46(44)47-43-21-11-9-17-37(43)27-29-45(47)52-54/h1-31,48-49H,32H2. The predicted molar refractivity (Wildman–Crippen MR) is 223 cm³/mol. The van der Waals surface area contributed by atoms with Gasteiger partial charge in [0.15, 0.2) is 0 Å². The third-order valence-corrected chi connectivity index (χ3v) is 11.4. The molecular formula is C49H35O4P. The number of benzene rings is 9. The van der Waals surface area contributed by atoms with Crippen molar-refractivity contribution in [2.24, 2.45) is 0 Å². The molecule has 10 aromatic rings. The highest BCUT2D eigenvalue weighted by Gasteiger charge is 2.30. The van der Waals surface area contributed by atoms with Crippen LogP contribution in [-0.4, -0.2) is 0 Å². The van der Waals surface area contributed by atoms with Crippen molar-refractivity contribution in [3.05, 3.63) is 205 Å². The molecule has 0 fully saturated rings. The van der Waals surface area contributed by atoms with Crippen LogP contribution < -0.4 is 4.52 Å². The summed E-state index contributed by atoms with van der Waals surface area (Å²) in [5.74, 6) is 0. The lowest BCUT2D eigenvalue weighted by Gasteiger charge is -2.27. The first kappa shape index (κ1) is 32.5. The molecule has 0 aliphatic rings. The van der Waals surface area contributed by atoms with Crippen molar-refractivity contribution in [2.75, 3.05) is 0 Å². The van der Waals surface area contributed by atoms with Crippen LogP contribution in [0.25, 0.3) is 65.0 Å². The Labute approximate surface area is 313 Å². The van der Waals surface area contributed by atoms with Gasteiger partial charge in [0.2, 0.25) is 0 Å². The van der Waals surface area contributed by atoms with Gasteiger partial charge >= 0.3 is 8.24 Å². The van der Waals surface area contributed by atoms with Gasteiger partial charge in [-0.1, -0.05) is 164 Å². The fraction of sp³-hybridized carbons (Fsp3) is 0.0612. The molecule has 54 heavy (non-hydrogen) atoms. The summed E-state index contributed by atoms with van der Waals surface area (Å²) in [6.45, 7) is 0.398. The van der Waals surface area contributed by atoms with E-state index in [2.05, 4.69) is 158 Å². The van der Waals surface area contributed by atoms with Crippen molar-refractivity contribution in [2.45, 2.75) is 18.8 Å². The van der Waals surface area contributed by atoms with Crippen LogP contribution >= 0.6 is 8.24 Å². The summed E-state index contributed by atoms with van der Waals surface area (Å²) in [6.07, 6.45) is -1.11. The average Bonchev–Trinajstić information content (AvgIpc) is 3.40. The first-order valence-corrected chi connectivity index (χ1v) is 19.3. The summed E-state index contributed by atoms with van der Waals surface area (Å²) < 4.78 is 28.1. The van der Waals surface area contributed by atoms with E-state index in [0.29, 0.717) is 6.61 Å². The normalized spacial score (nSPS) is 12.9. The fourth-order valence-electron chi connectivity index (χ4n) is 7.67. The number of ether oxygens (including phenoxy) is 1. The van der Waals surface area contributed by atoms with Gasteiger partial charge in [0.25, 0.3) is 0 Å². The largest absolute Gasteiger partial charge is 0.399 e. The van der Waals surface area contributed by atoms with Crippen LogP contribution in [0.4, 0.5) is 0 Å². The van der Waals surface area contributed by atoms with Crippen LogP contribution in [0.5, 0.6) is 0 Å². The Hall–Kier alpha value is -6.16. The lowest BCUT2D eigenvalue weighted by Crippen LogP contribution is -2.19. The van der Waals surface area contributed by atoms with E-state index in [1.54, 1.807) is 0 Å². The maximum Gasteiger partial charge on any atom is 0.388 e. The monoisotopic (exact) mass is 718 g/mol. The van der Waals surface area contributed by atoms with Gasteiger partial charge in [-0.15, -0.1) is 0 Å². The second kappa shape index (κ2) is 14.0. The molecule has 0 aliphatic heterocycles. The molecule has 1 heterocycles. The predicted octanol–water partition coefficient (Wildman–Crippen LogP) is 14.0. The molecule has 10 rings (SSSR count). The van der Waals surface area contributed by atoms with Gasteiger partial charge in [-0.3, -0.25) is 4.52 Å². The van der Waals surface area contributed by atoms with Crippen LogP contribution in [0.1, 0.15) is 28.9 Å². The van der Waals surface area contributed by atoms with E-state index in [0.717, 1.165) is 76.3 Å². The maximum absolute atomic E-state index is 7.26. The summed E-state index contributed by atoms with van der Waals surface area (Å²) in [4.78, 5) is 0. The minimum absolute atomic E-state index is 0.398. The van der Waals surface area contributed by atoms with Crippen molar-refractivity contribution in [1.29, 1.82) is 0 Å². The van der Waals surface area contributed by atoms with E-state index in [-0.39, 0.29) is 0 Å². The van der Waals surface area contributed by atoms with Crippen LogP contribution in [0, 0.1) is 0 Å². The van der Waals surface area contributed by atoms with Crippen LogP contribution in [0.2, 0.25) is 0 Å². The highest BCUT2D eigenvalue weighted by atomic mass is 31.1. The number of fused-ring (bicyclic) bond motifs is 9. The minimum atomic E-state index is -1.99. The molecule has 0 bridgehead atoms. The van der Waals surface area contributed by atoms with Crippen molar-refractivity contribution < 1.29 is 17.7 Å². The van der Waals surface area contributed by atoms with E-state index in [1.807, 2.05) is 30.3 Å². The molecule has 0 aliphatic carbocycles. The molecule has 0 amide bonds. The molecule has 1 aromatic heterocycles. The minimum Gasteiger partial charge on any atom is -0.399 e. The molecule has 2 unspecified atom stereocenters. The highest BCUT2D eigenvalue weighted by Crippen LogP contribution is 2.45. The van der Waals surface area contributed by atoms with E-state index in [4.69, 9.17) is 17.7 Å². The first-order valence-electron chi connectivity index (χ1n) is 18.2. The zero-order valence-electron chi connectivity index (χ0n) is 29.3. The maximum atomic E-state index is 7.26. The smallest absolute Gasteiger partial charge is 0.388 e. The molecule has 2 atom stereocenters. The first-order chi connectivity index (χ1) is 26.7. The van der Waals surface area contributed by atoms with Crippen LogP contribution in [0.3, 0.4) is 0 Å². The van der Waals surface area contributed by atoms with Crippen molar-refractivity contribution in [3.63, 3.8) is 0 Å². The van der Waals surface area contributed by atoms with E-state index in [1.165, 1.54) is 5.39 Å². The third kappa shape index (κ3) is 6.11. The van der Waals surface area contributed by atoms with E-state index >= 15 is 0 Å². The lowest BCUT2D eigenvalue weighted by molar-refractivity contribution is -0.0254. The molecular weight excluding hydrogens is 684 g/mol. The molecule has 0 saturated carbocycles.